The van der Waals surface area contributed by atoms with Crippen molar-refractivity contribution in [2.24, 2.45) is 0 Å². The summed E-state index contributed by atoms with van der Waals surface area (Å²) in [6.07, 6.45) is 1.49. The molecule has 0 atom stereocenters. The van der Waals surface area contributed by atoms with Crippen LogP contribution in [0.1, 0.15) is 28.4 Å². The van der Waals surface area contributed by atoms with Crippen molar-refractivity contribution < 1.29 is 19.4 Å². The van der Waals surface area contributed by atoms with Gasteiger partial charge in [-0.05, 0) is 42.2 Å². The lowest BCUT2D eigenvalue weighted by molar-refractivity contribution is -0.123. The molecule has 0 radical (unpaired) electrons. The van der Waals surface area contributed by atoms with E-state index in [0.717, 1.165) is 23.3 Å². The lowest BCUT2D eigenvalue weighted by atomic mass is 10.1. The van der Waals surface area contributed by atoms with Gasteiger partial charge in [-0.15, -0.1) is 0 Å². The number of carbonyl (C=O) groups excluding carboxylic acids is 1. The number of aromatic carboxylic acids is 1. The van der Waals surface area contributed by atoms with Gasteiger partial charge in [-0.1, -0.05) is 37.3 Å². The summed E-state index contributed by atoms with van der Waals surface area (Å²) < 4.78 is 5.56. The molecule has 2 N–H and O–H groups in total. The fourth-order valence-electron chi connectivity index (χ4n) is 2.29. The van der Waals surface area contributed by atoms with Crippen LogP contribution in [0.3, 0.4) is 0 Å². The van der Waals surface area contributed by atoms with E-state index in [-0.39, 0.29) is 18.1 Å². The van der Waals surface area contributed by atoms with E-state index in [1.165, 1.54) is 0 Å². The molecule has 0 heterocycles. The van der Waals surface area contributed by atoms with Crippen LogP contribution >= 0.6 is 0 Å². The summed E-state index contributed by atoms with van der Waals surface area (Å²) in [7, 11) is 0. The van der Waals surface area contributed by atoms with Gasteiger partial charge in [-0.25, -0.2) is 4.79 Å². The van der Waals surface area contributed by atoms with Crippen LogP contribution in [0, 0.1) is 0 Å². The number of hydrogen-bond donors (Lipinski definition) is 2. The predicted octanol–water partition coefficient (Wildman–Crippen LogP) is 2.68. The molecule has 0 saturated carbocycles. The summed E-state index contributed by atoms with van der Waals surface area (Å²) in [6.45, 7) is 2.50. The van der Waals surface area contributed by atoms with Crippen LogP contribution in [0.5, 0.6) is 5.75 Å². The van der Waals surface area contributed by atoms with E-state index in [9.17, 15) is 9.59 Å². The molecule has 0 spiro atoms. The quantitative estimate of drug-likeness (QED) is 0.781. The second kappa shape index (κ2) is 8.72. The van der Waals surface area contributed by atoms with Crippen LogP contribution < -0.4 is 10.1 Å². The molecule has 5 nitrogen and oxygen atoms in total. The molecule has 5 heteroatoms. The number of aryl methyl sites for hydroxylation is 1. The maximum absolute atomic E-state index is 11.8. The molecule has 0 aromatic heterocycles. The minimum atomic E-state index is -0.945. The van der Waals surface area contributed by atoms with E-state index in [1.807, 2.05) is 31.2 Å². The maximum atomic E-state index is 11.8. The second-order valence-electron chi connectivity index (χ2n) is 5.35. The number of carboxylic acid groups (broad SMARTS) is 1. The van der Waals surface area contributed by atoms with Crippen molar-refractivity contribution in [1.29, 1.82) is 0 Å². The minimum Gasteiger partial charge on any atom is -0.483 e. The Kier molecular flexibility index (Phi) is 6.37. The molecule has 2 aromatic carbocycles. The van der Waals surface area contributed by atoms with Gasteiger partial charge in [0.15, 0.2) is 6.61 Å². The summed E-state index contributed by atoms with van der Waals surface area (Å²) >= 11 is 0. The Morgan fingerprint density at radius 2 is 1.79 bits per heavy atom. The molecule has 24 heavy (non-hydrogen) atoms. The number of benzene rings is 2. The second-order valence-corrected chi connectivity index (χ2v) is 5.35. The van der Waals surface area contributed by atoms with Crippen LogP contribution in [0.2, 0.25) is 0 Å². The van der Waals surface area contributed by atoms with Gasteiger partial charge in [-0.2, -0.15) is 0 Å². The van der Waals surface area contributed by atoms with Gasteiger partial charge < -0.3 is 15.2 Å². The molecule has 0 aliphatic rings. The summed E-state index contributed by atoms with van der Waals surface area (Å²) in [5.74, 6) is -0.387. The van der Waals surface area contributed by atoms with E-state index in [2.05, 4.69) is 5.32 Å². The predicted molar refractivity (Wildman–Crippen MR) is 91.4 cm³/mol. The van der Waals surface area contributed by atoms with Gasteiger partial charge >= 0.3 is 5.97 Å². The molecule has 2 rings (SSSR count). The number of ether oxygens (including phenoxy) is 1. The fourth-order valence-corrected chi connectivity index (χ4v) is 2.29. The number of amides is 1. The molecular formula is C19H21NO4. The van der Waals surface area contributed by atoms with E-state index < -0.39 is 5.97 Å². The number of rotatable bonds is 8. The van der Waals surface area contributed by atoms with Gasteiger partial charge in [-0.3, -0.25) is 4.79 Å². The number of carbonyl (C=O) groups is 2. The highest BCUT2D eigenvalue weighted by molar-refractivity contribution is 5.87. The van der Waals surface area contributed by atoms with Crippen molar-refractivity contribution in [3.05, 3.63) is 65.2 Å². The largest absolute Gasteiger partial charge is 0.483 e. The molecule has 0 unspecified atom stereocenters. The first-order chi connectivity index (χ1) is 11.6. The number of carboxylic acids is 1. The monoisotopic (exact) mass is 327 g/mol. The van der Waals surface area contributed by atoms with Crippen molar-refractivity contribution in [2.75, 3.05) is 13.2 Å². The molecule has 0 saturated heterocycles. The van der Waals surface area contributed by atoms with Crippen molar-refractivity contribution >= 4 is 11.9 Å². The molecule has 0 bridgehead atoms. The van der Waals surface area contributed by atoms with E-state index in [4.69, 9.17) is 9.84 Å². The Hall–Kier alpha value is -2.82. The number of hydrogen-bond acceptors (Lipinski definition) is 3. The van der Waals surface area contributed by atoms with E-state index in [1.54, 1.807) is 24.3 Å². The third kappa shape index (κ3) is 5.12. The molecular weight excluding hydrogens is 306 g/mol. The average Bonchev–Trinajstić information content (AvgIpc) is 2.60. The summed E-state index contributed by atoms with van der Waals surface area (Å²) in [6, 6.07) is 14.3. The first kappa shape index (κ1) is 17.5. The minimum absolute atomic E-state index is 0.0189. The molecule has 0 aliphatic heterocycles. The Morgan fingerprint density at radius 1 is 1.08 bits per heavy atom. The van der Waals surface area contributed by atoms with Gasteiger partial charge in [0.05, 0.1) is 5.56 Å². The molecule has 1 amide bonds. The highest BCUT2D eigenvalue weighted by Crippen LogP contribution is 2.17. The van der Waals surface area contributed by atoms with E-state index in [0.29, 0.717) is 13.0 Å². The van der Waals surface area contributed by atoms with Gasteiger partial charge in [0, 0.05) is 6.54 Å². The molecule has 126 valence electrons. The van der Waals surface area contributed by atoms with Crippen LogP contribution in [0.25, 0.3) is 0 Å². The Morgan fingerprint density at radius 3 is 2.46 bits per heavy atom. The highest BCUT2D eigenvalue weighted by atomic mass is 16.5. The van der Waals surface area contributed by atoms with Gasteiger partial charge in [0.2, 0.25) is 0 Å². The Balaban J connectivity index is 1.74. The SMILES string of the molecule is CCc1ccccc1OCC(=O)NCCc1ccc(C(=O)O)cc1. The Bertz CT molecular complexity index is 695. The van der Waals surface area contributed by atoms with Crippen LogP contribution in [0.15, 0.2) is 48.5 Å². The molecule has 0 aliphatic carbocycles. The fraction of sp³-hybridized carbons (Fsp3) is 0.263. The zero-order valence-corrected chi connectivity index (χ0v) is 13.6. The first-order valence-electron chi connectivity index (χ1n) is 7.89. The van der Waals surface area contributed by atoms with Crippen LogP contribution in [-0.2, 0) is 17.6 Å². The molecule has 2 aromatic rings. The first-order valence-corrected chi connectivity index (χ1v) is 7.89. The number of para-hydroxylation sites is 1. The zero-order chi connectivity index (χ0) is 17.4. The van der Waals surface area contributed by atoms with Crippen molar-refractivity contribution in [3.63, 3.8) is 0 Å². The van der Waals surface area contributed by atoms with Crippen molar-refractivity contribution in [2.45, 2.75) is 19.8 Å². The third-order valence-corrected chi connectivity index (χ3v) is 3.65. The zero-order valence-electron chi connectivity index (χ0n) is 13.6. The van der Waals surface area contributed by atoms with Crippen molar-refractivity contribution in [1.82, 2.24) is 5.32 Å². The average molecular weight is 327 g/mol. The maximum Gasteiger partial charge on any atom is 0.335 e. The van der Waals surface area contributed by atoms with E-state index >= 15 is 0 Å². The third-order valence-electron chi connectivity index (χ3n) is 3.65. The topological polar surface area (TPSA) is 75.6 Å². The highest BCUT2D eigenvalue weighted by Gasteiger charge is 2.06. The summed E-state index contributed by atoms with van der Waals surface area (Å²) in [5.41, 5.74) is 2.30. The Labute approximate surface area is 141 Å². The van der Waals surface area contributed by atoms with Crippen LogP contribution in [-0.4, -0.2) is 30.1 Å². The van der Waals surface area contributed by atoms with Gasteiger partial charge in [0.25, 0.3) is 5.91 Å². The molecule has 0 fully saturated rings. The lowest BCUT2D eigenvalue weighted by Gasteiger charge is -2.10. The number of nitrogens with one attached hydrogen (secondary N) is 1. The van der Waals surface area contributed by atoms with Gasteiger partial charge in [0.1, 0.15) is 5.75 Å². The van der Waals surface area contributed by atoms with Crippen LogP contribution in [0.4, 0.5) is 0 Å². The standard InChI is InChI=1S/C19H21NO4/c1-2-15-5-3-4-6-17(15)24-13-18(21)20-12-11-14-7-9-16(10-8-14)19(22)23/h3-10H,2,11-13H2,1H3,(H,20,21)(H,22,23). The summed E-state index contributed by atoms with van der Waals surface area (Å²) in [5, 5.41) is 11.6. The normalized spacial score (nSPS) is 10.2. The summed E-state index contributed by atoms with van der Waals surface area (Å²) in [4.78, 5) is 22.6. The van der Waals surface area contributed by atoms with Crippen molar-refractivity contribution in [3.8, 4) is 5.75 Å². The lowest BCUT2D eigenvalue weighted by Crippen LogP contribution is -2.30. The smallest absolute Gasteiger partial charge is 0.335 e.